The van der Waals surface area contributed by atoms with Crippen LogP contribution in [-0.4, -0.2) is 5.78 Å². The highest BCUT2D eigenvalue weighted by atomic mass is 16.1. The van der Waals surface area contributed by atoms with Crippen LogP contribution in [0.25, 0.3) is 0 Å². The normalized spacial score (nSPS) is 11.2. The molecule has 0 heterocycles. The molecule has 0 N–H and O–H groups in total. The van der Waals surface area contributed by atoms with Crippen molar-refractivity contribution in [3.05, 3.63) is 12.7 Å². The van der Waals surface area contributed by atoms with Gasteiger partial charge in [0.15, 0.2) is 0 Å². The van der Waals surface area contributed by atoms with Gasteiger partial charge in [-0.2, -0.15) is 0 Å². The Morgan fingerprint density at radius 3 is 2.45 bits per heavy atom. The summed E-state index contributed by atoms with van der Waals surface area (Å²) in [6.45, 7) is 9.63. The smallest absolute Gasteiger partial charge is 0.138 e. The molecule has 64 valence electrons. The highest BCUT2D eigenvalue weighted by Crippen LogP contribution is 2.23. The molecule has 0 atom stereocenters. The quantitative estimate of drug-likeness (QED) is 0.556. The van der Waals surface area contributed by atoms with Crippen molar-refractivity contribution in [2.75, 3.05) is 0 Å². The van der Waals surface area contributed by atoms with Crippen molar-refractivity contribution in [1.82, 2.24) is 0 Å². The van der Waals surface area contributed by atoms with Gasteiger partial charge in [0, 0.05) is 11.8 Å². The van der Waals surface area contributed by atoms with Crippen LogP contribution < -0.4 is 0 Å². The van der Waals surface area contributed by atoms with Crippen molar-refractivity contribution in [3.63, 3.8) is 0 Å². The maximum Gasteiger partial charge on any atom is 0.138 e. The van der Waals surface area contributed by atoms with E-state index in [1.165, 1.54) is 0 Å². The number of hydrogen-bond acceptors (Lipinski definition) is 1. The van der Waals surface area contributed by atoms with Crippen LogP contribution in [-0.2, 0) is 4.79 Å². The second-order valence-corrected chi connectivity index (χ2v) is 3.49. The van der Waals surface area contributed by atoms with E-state index in [4.69, 9.17) is 0 Å². The van der Waals surface area contributed by atoms with E-state index in [0.717, 1.165) is 12.8 Å². The molecule has 0 spiro atoms. The van der Waals surface area contributed by atoms with Crippen LogP contribution in [0.3, 0.4) is 0 Å². The summed E-state index contributed by atoms with van der Waals surface area (Å²) in [6, 6.07) is 0. The number of carbonyl (C=O) groups is 1. The molecule has 0 rings (SSSR count). The van der Waals surface area contributed by atoms with Crippen LogP contribution >= 0.6 is 0 Å². The third kappa shape index (κ3) is 3.35. The lowest BCUT2D eigenvalue weighted by Crippen LogP contribution is -2.22. The molecule has 0 unspecified atom stereocenters. The predicted octanol–water partition coefficient (Wildman–Crippen LogP) is 2.96. The van der Waals surface area contributed by atoms with Crippen LogP contribution in [0.5, 0.6) is 0 Å². The first-order valence-corrected chi connectivity index (χ1v) is 4.18. The zero-order valence-corrected chi connectivity index (χ0v) is 7.81. The fourth-order valence-electron chi connectivity index (χ4n) is 0.769. The number of Topliss-reactive ketones (excluding diaryl/α,β-unsaturated/α-hetero) is 1. The number of hydrogen-bond donors (Lipinski definition) is 0. The van der Waals surface area contributed by atoms with Gasteiger partial charge in [-0.1, -0.05) is 26.8 Å². The zero-order chi connectivity index (χ0) is 8.91. The molecule has 0 aromatic rings. The van der Waals surface area contributed by atoms with Gasteiger partial charge in [0.25, 0.3) is 0 Å². The molecule has 0 radical (unpaired) electrons. The molecule has 0 fully saturated rings. The van der Waals surface area contributed by atoms with E-state index in [1.807, 2.05) is 20.8 Å². The Bertz CT molecular complexity index is 145. The van der Waals surface area contributed by atoms with E-state index in [2.05, 4.69) is 6.58 Å². The van der Waals surface area contributed by atoms with Gasteiger partial charge in [-0.3, -0.25) is 4.79 Å². The monoisotopic (exact) mass is 154 g/mol. The zero-order valence-electron chi connectivity index (χ0n) is 7.81. The molecule has 0 amide bonds. The van der Waals surface area contributed by atoms with Crippen LogP contribution in [0.2, 0.25) is 0 Å². The number of rotatable bonds is 5. The lowest BCUT2D eigenvalue weighted by atomic mass is 9.83. The standard InChI is InChI=1S/C10H18O/c1-5-7-8-9(11)10(3,4)6-2/h5H,1,6-8H2,2-4H3. The molecule has 1 heteroatoms. The molecular formula is C10H18O. The first kappa shape index (κ1) is 10.4. The molecule has 1 nitrogen and oxygen atoms in total. The first-order valence-electron chi connectivity index (χ1n) is 4.18. The largest absolute Gasteiger partial charge is 0.299 e. The summed E-state index contributed by atoms with van der Waals surface area (Å²) >= 11 is 0. The Morgan fingerprint density at radius 1 is 1.55 bits per heavy atom. The fraction of sp³-hybridized carbons (Fsp3) is 0.700. The Kier molecular flexibility index (Phi) is 4.09. The minimum absolute atomic E-state index is 0.136. The topological polar surface area (TPSA) is 17.1 Å². The van der Waals surface area contributed by atoms with Crippen molar-refractivity contribution in [2.24, 2.45) is 5.41 Å². The molecule has 11 heavy (non-hydrogen) atoms. The van der Waals surface area contributed by atoms with E-state index >= 15 is 0 Å². The molecule has 0 aliphatic rings. The van der Waals surface area contributed by atoms with Crippen molar-refractivity contribution in [3.8, 4) is 0 Å². The van der Waals surface area contributed by atoms with E-state index in [0.29, 0.717) is 12.2 Å². The Hall–Kier alpha value is -0.590. The van der Waals surface area contributed by atoms with E-state index in [9.17, 15) is 4.79 Å². The summed E-state index contributed by atoms with van der Waals surface area (Å²) in [7, 11) is 0. The number of allylic oxidation sites excluding steroid dienone is 1. The molecular weight excluding hydrogens is 136 g/mol. The molecule has 0 aromatic carbocycles. The van der Waals surface area contributed by atoms with Gasteiger partial charge in [-0.05, 0) is 12.8 Å². The lowest BCUT2D eigenvalue weighted by Gasteiger charge is -2.20. The van der Waals surface area contributed by atoms with Gasteiger partial charge in [-0.15, -0.1) is 6.58 Å². The fourth-order valence-corrected chi connectivity index (χ4v) is 0.769. The predicted molar refractivity (Wildman–Crippen MR) is 48.5 cm³/mol. The van der Waals surface area contributed by atoms with Crippen molar-refractivity contribution >= 4 is 5.78 Å². The summed E-state index contributed by atoms with van der Waals surface area (Å²) < 4.78 is 0. The highest BCUT2D eigenvalue weighted by Gasteiger charge is 2.23. The summed E-state index contributed by atoms with van der Waals surface area (Å²) in [6.07, 6.45) is 4.17. The SMILES string of the molecule is C=CCCC(=O)C(C)(C)CC. The molecule has 0 saturated heterocycles. The summed E-state index contributed by atoms with van der Waals surface area (Å²) in [4.78, 5) is 11.4. The maximum absolute atomic E-state index is 11.4. The summed E-state index contributed by atoms with van der Waals surface area (Å²) in [5.41, 5.74) is -0.136. The van der Waals surface area contributed by atoms with E-state index in [1.54, 1.807) is 6.08 Å². The summed E-state index contributed by atoms with van der Waals surface area (Å²) in [5.74, 6) is 0.347. The Morgan fingerprint density at radius 2 is 2.09 bits per heavy atom. The van der Waals surface area contributed by atoms with Crippen molar-refractivity contribution in [2.45, 2.75) is 40.0 Å². The second kappa shape index (κ2) is 4.32. The average Bonchev–Trinajstić information content (AvgIpc) is 2.00. The molecule has 0 aromatic heterocycles. The van der Waals surface area contributed by atoms with Crippen LogP contribution in [0, 0.1) is 5.41 Å². The van der Waals surface area contributed by atoms with Gasteiger partial charge in [0.2, 0.25) is 0 Å². The van der Waals surface area contributed by atoms with Gasteiger partial charge < -0.3 is 0 Å². The van der Waals surface area contributed by atoms with E-state index in [-0.39, 0.29) is 5.41 Å². The second-order valence-electron chi connectivity index (χ2n) is 3.49. The highest BCUT2D eigenvalue weighted by molar-refractivity contribution is 5.84. The van der Waals surface area contributed by atoms with Gasteiger partial charge >= 0.3 is 0 Å². The molecule has 0 aliphatic carbocycles. The Labute approximate surface area is 69.5 Å². The number of carbonyl (C=O) groups excluding carboxylic acids is 1. The molecule has 0 aliphatic heterocycles. The van der Waals surface area contributed by atoms with E-state index < -0.39 is 0 Å². The average molecular weight is 154 g/mol. The third-order valence-corrected chi connectivity index (χ3v) is 2.21. The lowest BCUT2D eigenvalue weighted by molar-refractivity contribution is -0.127. The van der Waals surface area contributed by atoms with Gasteiger partial charge in [0.1, 0.15) is 5.78 Å². The minimum Gasteiger partial charge on any atom is -0.299 e. The van der Waals surface area contributed by atoms with Crippen LogP contribution in [0.1, 0.15) is 40.0 Å². The summed E-state index contributed by atoms with van der Waals surface area (Å²) in [5, 5.41) is 0. The van der Waals surface area contributed by atoms with Crippen LogP contribution in [0.15, 0.2) is 12.7 Å². The Balaban J connectivity index is 3.91. The van der Waals surface area contributed by atoms with Gasteiger partial charge in [0.05, 0.1) is 0 Å². The minimum atomic E-state index is -0.136. The van der Waals surface area contributed by atoms with Gasteiger partial charge in [-0.25, -0.2) is 0 Å². The van der Waals surface area contributed by atoms with Crippen molar-refractivity contribution in [1.29, 1.82) is 0 Å². The van der Waals surface area contributed by atoms with Crippen molar-refractivity contribution < 1.29 is 4.79 Å². The number of ketones is 1. The maximum atomic E-state index is 11.4. The molecule has 0 bridgehead atoms. The van der Waals surface area contributed by atoms with Crippen LogP contribution in [0.4, 0.5) is 0 Å². The third-order valence-electron chi connectivity index (χ3n) is 2.21. The molecule has 0 saturated carbocycles. The first-order chi connectivity index (χ1) is 5.04.